The minimum absolute atomic E-state index is 0.000199. The van der Waals surface area contributed by atoms with Gasteiger partial charge in [0, 0.05) is 37.7 Å². The molecule has 6 heteroatoms. The van der Waals surface area contributed by atoms with Gasteiger partial charge in [0.2, 0.25) is 5.91 Å². The van der Waals surface area contributed by atoms with E-state index in [0.29, 0.717) is 13.1 Å². The highest BCUT2D eigenvalue weighted by Crippen LogP contribution is 2.30. The van der Waals surface area contributed by atoms with Gasteiger partial charge in [-0.3, -0.25) is 14.5 Å². The molecule has 3 rings (SSSR count). The van der Waals surface area contributed by atoms with Gasteiger partial charge in [-0.25, -0.2) is 0 Å². The summed E-state index contributed by atoms with van der Waals surface area (Å²) in [5.41, 5.74) is 1.00. The molecule has 1 N–H and O–H groups in total. The van der Waals surface area contributed by atoms with Crippen molar-refractivity contribution in [2.45, 2.75) is 13.0 Å². The third-order valence-electron chi connectivity index (χ3n) is 5.00. The monoisotopic (exact) mass is 348 g/mol. The predicted molar refractivity (Wildman–Crippen MR) is 95.0 cm³/mol. The zero-order chi connectivity index (χ0) is 17.1. The Morgan fingerprint density at radius 3 is 2.42 bits per heavy atom. The third kappa shape index (κ3) is 3.59. The fraction of sp³-hybridized carbons (Fsp3) is 0.556. The minimum Gasteiger partial charge on any atom is -0.481 e. The zero-order valence-corrected chi connectivity index (χ0v) is 14.7. The van der Waals surface area contributed by atoms with E-state index < -0.39 is 11.9 Å². The smallest absolute Gasteiger partial charge is 0.308 e. The fourth-order valence-electron chi connectivity index (χ4n) is 3.62. The van der Waals surface area contributed by atoms with Crippen molar-refractivity contribution in [2.75, 3.05) is 37.7 Å². The molecule has 2 fully saturated rings. The quantitative estimate of drug-likeness (QED) is 0.901. The van der Waals surface area contributed by atoms with Crippen LogP contribution in [0.5, 0.6) is 0 Å². The summed E-state index contributed by atoms with van der Waals surface area (Å²) in [6.07, 6.45) is 0. The summed E-state index contributed by atoms with van der Waals surface area (Å²) in [6, 6.07) is 9.57. The molecule has 0 spiro atoms. The maximum Gasteiger partial charge on any atom is 0.308 e. The first-order chi connectivity index (χ1) is 11.6. The van der Waals surface area contributed by atoms with Crippen molar-refractivity contribution >= 4 is 23.6 Å². The second-order valence-electron chi connectivity index (χ2n) is 6.63. The van der Waals surface area contributed by atoms with Gasteiger partial charge < -0.3 is 10.0 Å². The van der Waals surface area contributed by atoms with E-state index in [9.17, 15) is 14.7 Å². The van der Waals surface area contributed by atoms with Crippen LogP contribution in [0.15, 0.2) is 30.3 Å². The average Bonchev–Trinajstić information content (AvgIpc) is 2.99. The molecule has 0 aromatic heterocycles. The number of hydrogen-bond acceptors (Lipinski definition) is 4. The Kier molecular flexibility index (Phi) is 5.46. The van der Waals surface area contributed by atoms with Crippen molar-refractivity contribution in [1.29, 1.82) is 0 Å². The number of thioether (sulfide) groups is 1. The first-order valence-electron chi connectivity index (χ1n) is 8.46. The molecule has 1 aromatic carbocycles. The lowest BCUT2D eigenvalue weighted by molar-refractivity contribution is -0.142. The molecule has 0 saturated carbocycles. The van der Waals surface area contributed by atoms with Crippen LogP contribution >= 0.6 is 11.8 Å². The van der Waals surface area contributed by atoms with Crippen molar-refractivity contribution < 1.29 is 14.7 Å². The maximum atomic E-state index is 13.2. The van der Waals surface area contributed by atoms with Crippen LogP contribution in [-0.4, -0.2) is 64.5 Å². The molecule has 0 bridgehead atoms. The largest absolute Gasteiger partial charge is 0.481 e. The van der Waals surface area contributed by atoms with Gasteiger partial charge >= 0.3 is 5.97 Å². The van der Waals surface area contributed by atoms with Gasteiger partial charge in [0.1, 0.15) is 6.04 Å². The number of nitrogens with zero attached hydrogens (tertiary/aromatic N) is 2. The van der Waals surface area contributed by atoms with E-state index in [1.807, 2.05) is 49.0 Å². The minimum atomic E-state index is -0.802. The summed E-state index contributed by atoms with van der Waals surface area (Å²) in [4.78, 5) is 28.6. The molecular formula is C18H24N2O3S. The molecule has 24 heavy (non-hydrogen) atoms. The molecule has 1 unspecified atom stereocenters. The van der Waals surface area contributed by atoms with Crippen LogP contribution < -0.4 is 0 Å². The van der Waals surface area contributed by atoms with Gasteiger partial charge in [-0.1, -0.05) is 37.3 Å². The van der Waals surface area contributed by atoms with Crippen LogP contribution in [0.25, 0.3) is 0 Å². The van der Waals surface area contributed by atoms with Gasteiger partial charge in [0.05, 0.1) is 5.92 Å². The number of hydrogen-bond donors (Lipinski definition) is 1. The lowest BCUT2D eigenvalue weighted by Crippen LogP contribution is -2.45. The van der Waals surface area contributed by atoms with E-state index in [4.69, 9.17) is 0 Å². The molecule has 2 aliphatic heterocycles. The predicted octanol–water partition coefficient (Wildman–Crippen LogP) is 1.96. The lowest BCUT2D eigenvalue weighted by Gasteiger charge is -2.35. The molecule has 0 aliphatic carbocycles. The highest BCUT2D eigenvalue weighted by Gasteiger charge is 2.40. The fourth-order valence-corrected chi connectivity index (χ4v) is 4.55. The Labute approximate surface area is 147 Å². The Morgan fingerprint density at radius 2 is 1.83 bits per heavy atom. The van der Waals surface area contributed by atoms with E-state index in [1.165, 1.54) is 0 Å². The molecule has 0 radical (unpaired) electrons. The van der Waals surface area contributed by atoms with Crippen molar-refractivity contribution in [3.63, 3.8) is 0 Å². The van der Waals surface area contributed by atoms with E-state index in [0.717, 1.165) is 30.2 Å². The SMILES string of the molecule is C[C@@H]1CN(C(=O)C(c2ccccc2)N2CCSCC2)C[C@H]1C(=O)O. The summed E-state index contributed by atoms with van der Waals surface area (Å²) in [7, 11) is 0. The summed E-state index contributed by atoms with van der Waals surface area (Å²) in [5, 5.41) is 9.34. The molecule has 1 aromatic rings. The van der Waals surface area contributed by atoms with Crippen LogP contribution in [0.1, 0.15) is 18.5 Å². The van der Waals surface area contributed by atoms with Crippen LogP contribution in [0, 0.1) is 11.8 Å². The molecule has 2 aliphatic rings. The van der Waals surface area contributed by atoms with Crippen molar-refractivity contribution in [3.05, 3.63) is 35.9 Å². The van der Waals surface area contributed by atoms with Crippen LogP contribution in [-0.2, 0) is 9.59 Å². The van der Waals surface area contributed by atoms with E-state index in [2.05, 4.69) is 4.90 Å². The number of carbonyl (C=O) groups is 2. The van der Waals surface area contributed by atoms with Gasteiger partial charge in [-0.05, 0) is 11.5 Å². The van der Waals surface area contributed by atoms with Crippen molar-refractivity contribution in [3.8, 4) is 0 Å². The highest BCUT2D eigenvalue weighted by atomic mass is 32.2. The van der Waals surface area contributed by atoms with Gasteiger partial charge in [0.15, 0.2) is 0 Å². The Hall–Kier alpha value is -1.53. The topological polar surface area (TPSA) is 60.9 Å². The van der Waals surface area contributed by atoms with E-state index in [1.54, 1.807) is 4.90 Å². The second kappa shape index (κ2) is 7.57. The number of carboxylic acids is 1. The lowest BCUT2D eigenvalue weighted by atomic mass is 9.99. The third-order valence-corrected chi connectivity index (χ3v) is 5.94. The first-order valence-corrected chi connectivity index (χ1v) is 9.61. The number of likely N-dealkylation sites (tertiary alicyclic amines) is 1. The Balaban J connectivity index is 1.83. The van der Waals surface area contributed by atoms with Crippen LogP contribution in [0.2, 0.25) is 0 Å². The molecule has 1 amide bonds. The van der Waals surface area contributed by atoms with Crippen LogP contribution in [0.4, 0.5) is 0 Å². The van der Waals surface area contributed by atoms with Gasteiger partial charge in [-0.2, -0.15) is 11.8 Å². The number of aliphatic carboxylic acids is 1. The maximum absolute atomic E-state index is 13.2. The number of rotatable bonds is 4. The summed E-state index contributed by atoms with van der Waals surface area (Å²) < 4.78 is 0. The average molecular weight is 348 g/mol. The number of carboxylic acid groups (broad SMARTS) is 1. The van der Waals surface area contributed by atoms with E-state index in [-0.39, 0.29) is 17.9 Å². The Bertz CT molecular complexity index is 589. The van der Waals surface area contributed by atoms with Crippen molar-refractivity contribution in [2.24, 2.45) is 11.8 Å². The van der Waals surface area contributed by atoms with E-state index >= 15 is 0 Å². The van der Waals surface area contributed by atoms with Gasteiger partial charge in [0.25, 0.3) is 0 Å². The first kappa shape index (κ1) is 17.3. The number of amides is 1. The normalized spacial score (nSPS) is 26.3. The molecule has 3 atom stereocenters. The standard InChI is InChI=1S/C18H24N2O3S/c1-13-11-20(12-15(13)18(22)23)17(21)16(14-5-3-2-4-6-14)19-7-9-24-10-8-19/h2-6,13,15-16H,7-12H2,1H3,(H,22,23)/t13-,15-,16?/m1/s1. The second-order valence-corrected chi connectivity index (χ2v) is 7.85. The summed E-state index contributed by atoms with van der Waals surface area (Å²) in [5.74, 6) is 0.851. The highest BCUT2D eigenvalue weighted by molar-refractivity contribution is 7.99. The molecule has 2 heterocycles. The molecule has 2 saturated heterocycles. The molecule has 130 valence electrons. The zero-order valence-electron chi connectivity index (χ0n) is 13.9. The summed E-state index contributed by atoms with van der Waals surface area (Å²) >= 11 is 1.92. The van der Waals surface area contributed by atoms with Crippen LogP contribution in [0.3, 0.4) is 0 Å². The summed E-state index contributed by atoms with van der Waals surface area (Å²) in [6.45, 7) is 4.55. The molecule has 5 nitrogen and oxygen atoms in total. The number of benzene rings is 1. The number of carbonyl (C=O) groups excluding carboxylic acids is 1. The molecular weight excluding hydrogens is 324 g/mol. The van der Waals surface area contributed by atoms with Gasteiger partial charge in [-0.15, -0.1) is 0 Å². The Morgan fingerprint density at radius 1 is 1.17 bits per heavy atom. The van der Waals surface area contributed by atoms with Crippen molar-refractivity contribution in [1.82, 2.24) is 9.80 Å².